The summed E-state index contributed by atoms with van der Waals surface area (Å²) in [6, 6.07) is 4.08. The second kappa shape index (κ2) is 5.93. The van der Waals surface area contributed by atoms with Gasteiger partial charge in [0.2, 0.25) is 0 Å². The third kappa shape index (κ3) is 2.56. The number of fused-ring (bicyclic) bond motifs is 3. The molecule has 0 aromatic carbocycles. The number of pyridine rings is 1. The molecule has 0 fully saturated rings. The van der Waals surface area contributed by atoms with Gasteiger partial charge in [-0.15, -0.1) is 11.3 Å². The topological polar surface area (TPSA) is 68.5 Å². The first-order valence-corrected chi connectivity index (χ1v) is 9.12. The quantitative estimate of drug-likeness (QED) is 0.612. The van der Waals surface area contributed by atoms with Crippen LogP contribution in [-0.4, -0.2) is 24.5 Å². The minimum absolute atomic E-state index is 0.695. The van der Waals surface area contributed by atoms with E-state index in [1.807, 2.05) is 34.4 Å². The van der Waals surface area contributed by atoms with E-state index in [9.17, 15) is 0 Å². The Morgan fingerprint density at radius 2 is 2.16 bits per heavy atom. The molecule has 7 heteroatoms. The van der Waals surface area contributed by atoms with Crippen molar-refractivity contribution < 1.29 is 0 Å². The summed E-state index contributed by atoms with van der Waals surface area (Å²) in [5.41, 5.74) is 2.59. The van der Waals surface area contributed by atoms with Crippen LogP contribution in [0.2, 0.25) is 0 Å². The molecule has 0 aliphatic heterocycles. The lowest BCUT2D eigenvalue weighted by molar-refractivity contribution is 0.917. The van der Waals surface area contributed by atoms with Gasteiger partial charge in [0.25, 0.3) is 0 Å². The molecule has 1 aliphatic rings. The van der Waals surface area contributed by atoms with E-state index < -0.39 is 0 Å². The first kappa shape index (κ1) is 14.5. The van der Waals surface area contributed by atoms with Gasteiger partial charge in [-0.3, -0.25) is 4.57 Å². The molecule has 0 atom stereocenters. The molecule has 25 heavy (non-hydrogen) atoms. The standard InChI is InChI=1S/C18H16N6S/c1-2-13-14(3-1)25-18-16(13)17(22-10-23-18)21-9-12-4-5-20-15(8-12)24-7-6-19-11-24/h4-8,10-11H,1-3,9H2,(H,21,22,23). The normalized spacial score (nSPS) is 13.3. The van der Waals surface area contributed by atoms with E-state index in [1.54, 1.807) is 18.9 Å². The van der Waals surface area contributed by atoms with Crippen LogP contribution in [0.4, 0.5) is 5.82 Å². The number of hydrogen-bond acceptors (Lipinski definition) is 6. The van der Waals surface area contributed by atoms with Crippen molar-refractivity contribution >= 4 is 27.4 Å². The third-order valence-corrected chi connectivity index (χ3v) is 5.74. The summed E-state index contributed by atoms with van der Waals surface area (Å²) in [7, 11) is 0. The highest BCUT2D eigenvalue weighted by molar-refractivity contribution is 7.19. The maximum absolute atomic E-state index is 4.50. The summed E-state index contributed by atoms with van der Waals surface area (Å²) in [4.78, 5) is 20.0. The Morgan fingerprint density at radius 3 is 3.08 bits per heavy atom. The van der Waals surface area contributed by atoms with Crippen LogP contribution in [0.15, 0.2) is 43.4 Å². The highest BCUT2D eigenvalue weighted by atomic mass is 32.1. The molecule has 124 valence electrons. The smallest absolute Gasteiger partial charge is 0.138 e. The van der Waals surface area contributed by atoms with Gasteiger partial charge in [-0.05, 0) is 42.5 Å². The summed E-state index contributed by atoms with van der Waals surface area (Å²) in [6.07, 6.45) is 12.4. The number of aryl methyl sites for hydroxylation is 2. The van der Waals surface area contributed by atoms with Crippen LogP contribution < -0.4 is 5.32 Å². The van der Waals surface area contributed by atoms with Crippen LogP contribution in [0.25, 0.3) is 16.0 Å². The Labute approximate surface area is 148 Å². The molecule has 5 rings (SSSR count). The Morgan fingerprint density at radius 1 is 1.16 bits per heavy atom. The summed E-state index contributed by atoms with van der Waals surface area (Å²) in [6.45, 7) is 0.695. The van der Waals surface area contributed by atoms with Gasteiger partial charge in [0.05, 0.1) is 5.39 Å². The van der Waals surface area contributed by atoms with Crippen molar-refractivity contribution in [3.8, 4) is 5.82 Å². The predicted molar refractivity (Wildman–Crippen MR) is 98.1 cm³/mol. The second-order valence-corrected chi connectivity index (χ2v) is 7.19. The van der Waals surface area contributed by atoms with Crippen molar-refractivity contribution in [2.24, 2.45) is 0 Å². The fraction of sp³-hybridized carbons (Fsp3) is 0.222. The number of nitrogens with one attached hydrogen (secondary N) is 1. The molecule has 0 spiro atoms. The highest BCUT2D eigenvalue weighted by Crippen LogP contribution is 2.39. The van der Waals surface area contributed by atoms with Crippen LogP contribution in [0.3, 0.4) is 0 Å². The van der Waals surface area contributed by atoms with Crippen molar-refractivity contribution in [3.63, 3.8) is 0 Å². The van der Waals surface area contributed by atoms with E-state index >= 15 is 0 Å². The number of rotatable bonds is 4. The fourth-order valence-electron chi connectivity index (χ4n) is 3.35. The van der Waals surface area contributed by atoms with Crippen molar-refractivity contribution in [1.82, 2.24) is 24.5 Å². The average Bonchev–Trinajstić information content (AvgIpc) is 3.36. The third-order valence-electron chi connectivity index (χ3n) is 4.54. The van der Waals surface area contributed by atoms with Crippen LogP contribution in [0.1, 0.15) is 22.4 Å². The van der Waals surface area contributed by atoms with Gasteiger partial charge in [-0.1, -0.05) is 0 Å². The van der Waals surface area contributed by atoms with E-state index in [-0.39, 0.29) is 0 Å². The van der Waals surface area contributed by atoms with Crippen LogP contribution in [0.5, 0.6) is 0 Å². The van der Waals surface area contributed by atoms with Crippen LogP contribution >= 0.6 is 11.3 Å². The zero-order valence-electron chi connectivity index (χ0n) is 13.5. The van der Waals surface area contributed by atoms with Gasteiger partial charge in [-0.2, -0.15) is 0 Å². The average molecular weight is 348 g/mol. The summed E-state index contributed by atoms with van der Waals surface area (Å²) < 4.78 is 1.90. The van der Waals surface area contributed by atoms with Crippen LogP contribution in [0, 0.1) is 0 Å². The van der Waals surface area contributed by atoms with Gasteiger partial charge in [0, 0.05) is 30.0 Å². The lowest BCUT2D eigenvalue weighted by atomic mass is 10.2. The second-order valence-electron chi connectivity index (χ2n) is 6.11. The lowest BCUT2D eigenvalue weighted by Crippen LogP contribution is -2.04. The van der Waals surface area contributed by atoms with E-state index in [1.165, 1.54) is 28.7 Å². The molecule has 0 unspecified atom stereocenters. The number of thiophene rings is 1. The number of aromatic nitrogens is 5. The molecule has 0 saturated heterocycles. The van der Waals surface area contributed by atoms with Gasteiger partial charge in [-0.25, -0.2) is 19.9 Å². The zero-order chi connectivity index (χ0) is 16.6. The Bertz CT molecular complexity index is 1040. The Hall–Kier alpha value is -2.80. The van der Waals surface area contributed by atoms with Crippen LogP contribution in [-0.2, 0) is 19.4 Å². The summed E-state index contributed by atoms with van der Waals surface area (Å²) >= 11 is 1.81. The minimum Gasteiger partial charge on any atom is -0.365 e. The highest BCUT2D eigenvalue weighted by Gasteiger charge is 2.21. The molecule has 4 aromatic rings. The molecule has 4 aromatic heterocycles. The van der Waals surface area contributed by atoms with Gasteiger partial charge in [0.1, 0.15) is 29.1 Å². The van der Waals surface area contributed by atoms with Crippen molar-refractivity contribution in [1.29, 1.82) is 0 Å². The van der Waals surface area contributed by atoms with E-state index in [4.69, 9.17) is 0 Å². The first-order valence-electron chi connectivity index (χ1n) is 8.31. The number of imidazole rings is 1. The SMILES string of the molecule is c1cn(-c2cc(CNc3ncnc4sc5c(c34)CCC5)ccn2)cn1. The molecule has 1 N–H and O–H groups in total. The van der Waals surface area contributed by atoms with Crippen molar-refractivity contribution in [2.75, 3.05) is 5.32 Å². The molecule has 0 saturated carbocycles. The number of hydrogen-bond donors (Lipinski definition) is 1. The molecule has 1 aliphatic carbocycles. The molecule has 0 bridgehead atoms. The number of anilines is 1. The van der Waals surface area contributed by atoms with Crippen molar-refractivity contribution in [2.45, 2.75) is 25.8 Å². The predicted octanol–water partition coefficient (Wildman–Crippen LogP) is 3.37. The molecule has 0 amide bonds. The summed E-state index contributed by atoms with van der Waals surface area (Å²) in [5, 5.41) is 4.71. The fourth-order valence-corrected chi connectivity index (χ4v) is 4.58. The molecular formula is C18H16N6S. The van der Waals surface area contributed by atoms with E-state index in [0.29, 0.717) is 6.54 Å². The van der Waals surface area contributed by atoms with E-state index in [2.05, 4.69) is 31.3 Å². The lowest BCUT2D eigenvalue weighted by Gasteiger charge is -2.09. The summed E-state index contributed by atoms with van der Waals surface area (Å²) in [5.74, 6) is 1.80. The van der Waals surface area contributed by atoms with Gasteiger partial charge in [0.15, 0.2) is 0 Å². The van der Waals surface area contributed by atoms with E-state index in [0.717, 1.165) is 28.5 Å². The molecular weight excluding hydrogens is 332 g/mol. The van der Waals surface area contributed by atoms with Gasteiger partial charge >= 0.3 is 0 Å². The molecule has 4 heterocycles. The number of nitrogens with zero attached hydrogens (tertiary/aromatic N) is 5. The zero-order valence-corrected chi connectivity index (χ0v) is 14.3. The largest absolute Gasteiger partial charge is 0.365 e. The van der Waals surface area contributed by atoms with Gasteiger partial charge < -0.3 is 5.32 Å². The Balaban J connectivity index is 1.44. The monoisotopic (exact) mass is 348 g/mol. The maximum Gasteiger partial charge on any atom is 0.138 e. The first-order chi connectivity index (χ1) is 12.4. The molecule has 0 radical (unpaired) electrons. The Kier molecular flexibility index (Phi) is 3.45. The molecule has 6 nitrogen and oxygen atoms in total. The van der Waals surface area contributed by atoms with Crippen molar-refractivity contribution in [3.05, 3.63) is 59.4 Å². The maximum atomic E-state index is 4.50. The minimum atomic E-state index is 0.695.